The fourth-order valence-corrected chi connectivity index (χ4v) is 2.13. The van der Waals surface area contributed by atoms with E-state index in [0.717, 1.165) is 12.8 Å². The summed E-state index contributed by atoms with van der Waals surface area (Å²) in [6.45, 7) is 12.8. The molecular formula is C16H34N2O2. The van der Waals surface area contributed by atoms with E-state index in [9.17, 15) is 4.79 Å². The van der Waals surface area contributed by atoms with E-state index in [1.165, 1.54) is 19.3 Å². The smallest absolute Gasteiger partial charge is 0.407 e. The molecule has 0 saturated carbocycles. The molecule has 4 heteroatoms. The molecule has 0 radical (unpaired) electrons. The molecule has 0 bridgehead atoms. The topological polar surface area (TPSA) is 50.4 Å². The molecule has 0 aromatic rings. The van der Waals surface area contributed by atoms with Crippen molar-refractivity contribution in [2.24, 2.45) is 0 Å². The molecule has 20 heavy (non-hydrogen) atoms. The lowest BCUT2D eigenvalue weighted by Crippen LogP contribution is -2.45. The zero-order valence-electron chi connectivity index (χ0n) is 14.2. The van der Waals surface area contributed by atoms with Crippen LogP contribution < -0.4 is 10.6 Å². The fraction of sp³-hybridized carbons (Fsp3) is 0.938. The van der Waals surface area contributed by atoms with Gasteiger partial charge < -0.3 is 15.4 Å². The number of hydrogen-bond acceptors (Lipinski definition) is 3. The SMILES string of the molecule is CCCCC(CNC(=O)OC(C)(C)C)NC(C)CCC. The van der Waals surface area contributed by atoms with Crippen molar-refractivity contribution in [3.05, 3.63) is 0 Å². The lowest BCUT2D eigenvalue weighted by Gasteiger charge is -2.25. The second-order valence-electron chi connectivity index (χ2n) is 6.58. The first-order valence-electron chi connectivity index (χ1n) is 8.01. The van der Waals surface area contributed by atoms with Gasteiger partial charge >= 0.3 is 6.09 Å². The van der Waals surface area contributed by atoms with Gasteiger partial charge in [-0.15, -0.1) is 0 Å². The minimum Gasteiger partial charge on any atom is -0.444 e. The highest BCUT2D eigenvalue weighted by Crippen LogP contribution is 2.07. The Kier molecular flexibility index (Phi) is 9.64. The van der Waals surface area contributed by atoms with Crippen LogP contribution >= 0.6 is 0 Å². The van der Waals surface area contributed by atoms with Crippen molar-refractivity contribution in [1.82, 2.24) is 10.6 Å². The molecule has 0 saturated heterocycles. The fourth-order valence-electron chi connectivity index (χ4n) is 2.13. The third-order valence-electron chi connectivity index (χ3n) is 3.04. The summed E-state index contributed by atoms with van der Waals surface area (Å²) in [5.41, 5.74) is -0.439. The monoisotopic (exact) mass is 286 g/mol. The maximum Gasteiger partial charge on any atom is 0.407 e. The Morgan fingerprint density at radius 3 is 2.30 bits per heavy atom. The van der Waals surface area contributed by atoms with E-state index in [0.29, 0.717) is 18.6 Å². The molecule has 1 amide bonds. The molecule has 2 atom stereocenters. The highest BCUT2D eigenvalue weighted by molar-refractivity contribution is 5.67. The van der Waals surface area contributed by atoms with Crippen LogP contribution in [0.25, 0.3) is 0 Å². The molecule has 0 spiro atoms. The molecule has 0 fully saturated rings. The maximum absolute atomic E-state index is 11.7. The number of hydrogen-bond donors (Lipinski definition) is 2. The molecule has 0 aliphatic carbocycles. The van der Waals surface area contributed by atoms with Crippen LogP contribution in [0.4, 0.5) is 4.79 Å². The maximum atomic E-state index is 11.7. The lowest BCUT2D eigenvalue weighted by atomic mass is 10.1. The Morgan fingerprint density at radius 2 is 1.80 bits per heavy atom. The second-order valence-corrected chi connectivity index (χ2v) is 6.58. The predicted molar refractivity (Wildman–Crippen MR) is 85.1 cm³/mol. The molecule has 0 rings (SSSR count). The number of rotatable bonds is 9. The quantitative estimate of drug-likeness (QED) is 0.677. The first kappa shape index (κ1) is 19.2. The van der Waals surface area contributed by atoms with Gasteiger partial charge in [-0.05, 0) is 40.5 Å². The van der Waals surface area contributed by atoms with Gasteiger partial charge in [-0.3, -0.25) is 0 Å². The average molecular weight is 286 g/mol. The zero-order chi connectivity index (χ0) is 15.6. The molecule has 0 heterocycles. The summed E-state index contributed by atoms with van der Waals surface area (Å²) in [7, 11) is 0. The number of unbranched alkanes of at least 4 members (excludes halogenated alkanes) is 1. The van der Waals surface area contributed by atoms with E-state index in [4.69, 9.17) is 4.74 Å². The third-order valence-corrected chi connectivity index (χ3v) is 3.04. The number of alkyl carbamates (subject to hydrolysis) is 1. The van der Waals surface area contributed by atoms with Gasteiger partial charge in [-0.25, -0.2) is 4.79 Å². The van der Waals surface area contributed by atoms with Gasteiger partial charge in [0.15, 0.2) is 0 Å². The van der Waals surface area contributed by atoms with E-state index in [2.05, 4.69) is 31.4 Å². The minimum absolute atomic E-state index is 0.323. The molecule has 4 nitrogen and oxygen atoms in total. The van der Waals surface area contributed by atoms with Crippen LogP contribution in [0.15, 0.2) is 0 Å². The average Bonchev–Trinajstić information content (AvgIpc) is 2.30. The van der Waals surface area contributed by atoms with Gasteiger partial charge in [-0.2, -0.15) is 0 Å². The van der Waals surface area contributed by atoms with Gasteiger partial charge in [0.05, 0.1) is 0 Å². The minimum atomic E-state index is -0.439. The Bertz CT molecular complexity index is 262. The van der Waals surface area contributed by atoms with E-state index in [1.807, 2.05) is 20.8 Å². The van der Waals surface area contributed by atoms with E-state index in [1.54, 1.807) is 0 Å². The van der Waals surface area contributed by atoms with Crippen LogP contribution in [-0.4, -0.2) is 30.3 Å². The summed E-state index contributed by atoms with van der Waals surface area (Å²) < 4.78 is 5.27. The van der Waals surface area contributed by atoms with Crippen molar-refractivity contribution in [3.8, 4) is 0 Å². The number of nitrogens with one attached hydrogen (secondary N) is 2. The van der Waals surface area contributed by atoms with Crippen molar-refractivity contribution < 1.29 is 9.53 Å². The van der Waals surface area contributed by atoms with Gasteiger partial charge in [0.2, 0.25) is 0 Å². The number of ether oxygens (including phenoxy) is 1. The summed E-state index contributed by atoms with van der Waals surface area (Å²) in [6, 6.07) is 0.811. The molecular weight excluding hydrogens is 252 g/mol. The van der Waals surface area contributed by atoms with Gasteiger partial charge in [0, 0.05) is 18.6 Å². The van der Waals surface area contributed by atoms with Crippen LogP contribution in [0.3, 0.4) is 0 Å². The van der Waals surface area contributed by atoms with E-state index < -0.39 is 5.60 Å². The van der Waals surface area contributed by atoms with Crippen LogP contribution in [0.1, 0.15) is 73.6 Å². The Morgan fingerprint density at radius 1 is 1.15 bits per heavy atom. The molecule has 0 aromatic heterocycles. The van der Waals surface area contributed by atoms with Crippen LogP contribution in [0.2, 0.25) is 0 Å². The van der Waals surface area contributed by atoms with E-state index >= 15 is 0 Å². The summed E-state index contributed by atoms with van der Waals surface area (Å²) >= 11 is 0. The van der Waals surface area contributed by atoms with Crippen LogP contribution in [0.5, 0.6) is 0 Å². The first-order chi connectivity index (χ1) is 9.28. The number of carbonyl (C=O) groups is 1. The molecule has 120 valence electrons. The molecule has 2 unspecified atom stereocenters. The van der Waals surface area contributed by atoms with Crippen molar-refractivity contribution in [2.45, 2.75) is 91.3 Å². The lowest BCUT2D eigenvalue weighted by molar-refractivity contribution is 0.0521. The van der Waals surface area contributed by atoms with Gasteiger partial charge in [-0.1, -0.05) is 33.1 Å². The normalized spacial score (nSPS) is 14.7. The Labute approximate surface area is 125 Å². The first-order valence-corrected chi connectivity index (χ1v) is 8.01. The van der Waals surface area contributed by atoms with Crippen LogP contribution in [0, 0.1) is 0 Å². The summed E-state index contributed by atoms with van der Waals surface area (Å²) in [4.78, 5) is 11.7. The Balaban J connectivity index is 4.17. The second kappa shape index (κ2) is 10.0. The molecule has 0 aliphatic heterocycles. The standard InChI is InChI=1S/C16H34N2O2/c1-7-9-11-14(18-13(3)10-8-2)12-17-15(19)20-16(4,5)6/h13-14,18H,7-12H2,1-6H3,(H,17,19). The molecule has 0 aliphatic rings. The number of carbonyl (C=O) groups excluding carboxylic acids is 1. The van der Waals surface area contributed by atoms with Crippen molar-refractivity contribution in [3.63, 3.8) is 0 Å². The molecule has 2 N–H and O–H groups in total. The number of amides is 1. The predicted octanol–water partition coefficient (Wildman–Crippen LogP) is 3.85. The summed E-state index contributed by atoms with van der Waals surface area (Å²) in [6.07, 6.45) is 5.44. The summed E-state index contributed by atoms with van der Waals surface area (Å²) in [5, 5.41) is 6.47. The van der Waals surface area contributed by atoms with Gasteiger partial charge in [0.25, 0.3) is 0 Å². The van der Waals surface area contributed by atoms with Crippen molar-refractivity contribution >= 4 is 6.09 Å². The van der Waals surface area contributed by atoms with Crippen LogP contribution in [-0.2, 0) is 4.74 Å². The third kappa shape index (κ3) is 11.1. The zero-order valence-corrected chi connectivity index (χ0v) is 14.2. The van der Waals surface area contributed by atoms with Crippen molar-refractivity contribution in [1.29, 1.82) is 0 Å². The largest absolute Gasteiger partial charge is 0.444 e. The highest BCUT2D eigenvalue weighted by atomic mass is 16.6. The summed E-state index contributed by atoms with van der Waals surface area (Å²) in [5.74, 6) is 0. The van der Waals surface area contributed by atoms with E-state index in [-0.39, 0.29) is 6.09 Å². The van der Waals surface area contributed by atoms with Crippen molar-refractivity contribution in [2.75, 3.05) is 6.54 Å². The molecule has 0 aromatic carbocycles. The Hall–Kier alpha value is -0.770. The van der Waals surface area contributed by atoms with Gasteiger partial charge in [0.1, 0.15) is 5.60 Å². The highest BCUT2D eigenvalue weighted by Gasteiger charge is 2.18.